The van der Waals surface area contributed by atoms with Crippen molar-refractivity contribution in [1.29, 1.82) is 0 Å². The highest BCUT2D eigenvalue weighted by Gasteiger charge is 2.11. The zero-order valence-electron chi connectivity index (χ0n) is 7.88. The molecule has 0 aliphatic carbocycles. The van der Waals surface area contributed by atoms with Gasteiger partial charge in [0, 0.05) is 6.20 Å². The number of halogens is 1. The van der Waals surface area contributed by atoms with Gasteiger partial charge in [0.15, 0.2) is 0 Å². The molecule has 2 heterocycles. The largest absolute Gasteiger partial charge is 0.478 e. The molecule has 1 N–H and O–H groups in total. The van der Waals surface area contributed by atoms with Crippen LogP contribution in [0.2, 0.25) is 5.02 Å². The molecule has 0 radical (unpaired) electrons. The van der Waals surface area contributed by atoms with Gasteiger partial charge in [-0.15, -0.1) is 11.3 Å². The quantitative estimate of drug-likeness (QED) is 0.926. The normalized spacial score (nSPS) is 10.3. The summed E-state index contributed by atoms with van der Waals surface area (Å²) in [5.74, 6) is -1.04. The van der Waals surface area contributed by atoms with Crippen LogP contribution < -0.4 is 0 Å². The summed E-state index contributed by atoms with van der Waals surface area (Å²) in [4.78, 5) is 14.9. The van der Waals surface area contributed by atoms with Crippen molar-refractivity contribution in [3.63, 3.8) is 0 Å². The average molecular weight is 272 g/mol. The number of hydrogen-bond acceptors (Lipinski definition) is 4. The summed E-state index contributed by atoms with van der Waals surface area (Å²) in [6, 6.07) is 5.36. The van der Waals surface area contributed by atoms with Gasteiger partial charge in [0.25, 0.3) is 0 Å². The van der Waals surface area contributed by atoms with E-state index in [0.29, 0.717) is 5.03 Å². The summed E-state index contributed by atoms with van der Waals surface area (Å²) in [5, 5.41) is 11.6. The van der Waals surface area contributed by atoms with E-state index in [1.807, 2.05) is 17.5 Å². The zero-order valence-corrected chi connectivity index (χ0v) is 10.3. The fourth-order valence-corrected chi connectivity index (χ4v) is 2.95. The van der Waals surface area contributed by atoms with Crippen molar-refractivity contribution in [2.24, 2.45) is 0 Å². The molecule has 0 atom stereocenters. The highest BCUT2D eigenvalue weighted by atomic mass is 35.5. The molecule has 0 unspecified atom stereocenters. The van der Waals surface area contributed by atoms with Gasteiger partial charge >= 0.3 is 5.97 Å². The van der Waals surface area contributed by atoms with Crippen molar-refractivity contribution >= 4 is 40.7 Å². The Morgan fingerprint density at radius 3 is 3.00 bits per heavy atom. The molecule has 2 aromatic heterocycles. The van der Waals surface area contributed by atoms with Gasteiger partial charge in [-0.05, 0) is 17.5 Å². The Morgan fingerprint density at radius 2 is 2.38 bits per heavy atom. The maximum atomic E-state index is 10.9. The van der Waals surface area contributed by atoms with E-state index in [2.05, 4.69) is 4.98 Å². The molecule has 2 aromatic rings. The number of aromatic nitrogens is 1. The summed E-state index contributed by atoms with van der Waals surface area (Å²) < 4.78 is 1.06. The summed E-state index contributed by atoms with van der Waals surface area (Å²) in [6.45, 7) is 0. The summed E-state index contributed by atoms with van der Waals surface area (Å²) in [7, 11) is 0. The lowest BCUT2D eigenvalue weighted by Crippen LogP contribution is -1.98. The number of thiophene rings is 1. The predicted octanol–water partition coefficient (Wildman–Crippen LogP) is 3.65. The fourth-order valence-electron chi connectivity index (χ4n) is 1.06. The number of hydrogen-bond donors (Lipinski definition) is 1. The Hall–Kier alpha value is -1.04. The Bertz CT molecular complexity index is 514. The van der Waals surface area contributed by atoms with Gasteiger partial charge in [-0.2, -0.15) is 0 Å². The first-order valence-electron chi connectivity index (χ1n) is 4.27. The van der Waals surface area contributed by atoms with E-state index in [1.54, 1.807) is 11.3 Å². The fraction of sp³-hybridized carbons (Fsp3) is 0. The molecule has 0 saturated heterocycles. The smallest absolute Gasteiger partial charge is 0.337 e. The van der Waals surface area contributed by atoms with Gasteiger partial charge in [0.2, 0.25) is 0 Å². The monoisotopic (exact) mass is 271 g/mol. The number of carboxylic acids is 1. The lowest BCUT2D eigenvalue weighted by atomic mass is 10.3. The maximum Gasteiger partial charge on any atom is 0.337 e. The molecule has 2 rings (SSSR count). The third-order valence-corrected chi connectivity index (χ3v) is 4.03. The molecule has 16 heavy (non-hydrogen) atoms. The molecular weight excluding hydrogens is 266 g/mol. The number of carbonyl (C=O) groups is 1. The Kier molecular flexibility index (Phi) is 3.48. The lowest BCUT2D eigenvalue weighted by Gasteiger charge is -2.01. The van der Waals surface area contributed by atoms with E-state index in [-0.39, 0.29) is 10.6 Å². The number of nitrogens with zero attached hydrogens (tertiary/aromatic N) is 1. The molecule has 6 heteroatoms. The predicted molar refractivity (Wildman–Crippen MR) is 64.6 cm³/mol. The topological polar surface area (TPSA) is 50.2 Å². The number of pyridine rings is 1. The molecule has 0 fully saturated rings. The summed E-state index contributed by atoms with van der Waals surface area (Å²) in [5.41, 5.74) is 0.0794. The van der Waals surface area contributed by atoms with Gasteiger partial charge in [-0.3, -0.25) is 0 Å². The second-order valence-electron chi connectivity index (χ2n) is 2.84. The first kappa shape index (κ1) is 11.4. The van der Waals surface area contributed by atoms with Crippen molar-refractivity contribution in [1.82, 2.24) is 4.98 Å². The highest BCUT2D eigenvalue weighted by Crippen LogP contribution is 2.31. The van der Waals surface area contributed by atoms with Crippen LogP contribution in [0, 0.1) is 0 Å². The third-order valence-electron chi connectivity index (χ3n) is 1.76. The van der Waals surface area contributed by atoms with E-state index in [9.17, 15) is 4.79 Å². The maximum absolute atomic E-state index is 10.9. The van der Waals surface area contributed by atoms with Gasteiger partial charge in [-0.25, -0.2) is 9.78 Å². The Morgan fingerprint density at radius 1 is 1.56 bits per heavy atom. The summed E-state index contributed by atoms with van der Waals surface area (Å²) in [6.07, 6.45) is 1.36. The minimum atomic E-state index is -1.04. The molecule has 0 aliphatic rings. The van der Waals surface area contributed by atoms with Gasteiger partial charge in [0.1, 0.15) is 5.03 Å². The molecular formula is C10H6ClNO2S2. The van der Waals surface area contributed by atoms with Gasteiger partial charge in [0.05, 0.1) is 14.8 Å². The molecule has 3 nitrogen and oxygen atoms in total. The molecule has 0 aromatic carbocycles. The van der Waals surface area contributed by atoms with Crippen molar-refractivity contribution in [3.8, 4) is 0 Å². The SMILES string of the molecule is O=C(O)c1cc(Sc2cccs2)ncc1Cl. The van der Waals surface area contributed by atoms with Crippen LogP contribution >= 0.6 is 34.7 Å². The van der Waals surface area contributed by atoms with E-state index < -0.39 is 5.97 Å². The van der Waals surface area contributed by atoms with Crippen LogP contribution in [-0.2, 0) is 0 Å². The van der Waals surface area contributed by atoms with Crippen molar-refractivity contribution in [2.45, 2.75) is 9.24 Å². The number of carboxylic acid groups (broad SMARTS) is 1. The van der Waals surface area contributed by atoms with E-state index >= 15 is 0 Å². The van der Waals surface area contributed by atoms with Gasteiger partial charge in [-0.1, -0.05) is 29.4 Å². The van der Waals surface area contributed by atoms with E-state index in [1.165, 1.54) is 24.0 Å². The molecule has 82 valence electrons. The van der Waals surface area contributed by atoms with Crippen molar-refractivity contribution < 1.29 is 9.90 Å². The van der Waals surface area contributed by atoms with E-state index in [0.717, 1.165) is 4.21 Å². The van der Waals surface area contributed by atoms with Gasteiger partial charge < -0.3 is 5.11 Å². The number of aromatic carboxylic acids is 1. The molecule has 0 aliphatic heterocycles. The Labute approximate surface area is 105 Å². The molecule has 0 saturated carbocycles. The van der Waals surface area contributed by atoms with Crippen molar-refractivity contribution in [2.75, 3.05) is 0 Å². The minimum Gasteiger partial charge on any atom is -0.478 e. The van der Waals surface area contributed by atoms with Crippen LogP contribution in [0.5, 0.6) is 0 Å². The van der Waals surface area contributed by atoms with Crippen LogP contribution in [0.1, 0.15) is 10.4 Å². The summed E-state index contributed by atoms with van der Waals surface area (Å²) >= 11 is 8.72. The standard InChI is InChI=1S/C10H6ClNO2S2/c11-7-5-12-8(4-6(7)10(13)14)16-9-2-1-3-15-9/h1-5H,(H,13,14). The minimum absolute atomic E-state index is 0.0794. The van der Waals surface area contributed by atoms with Crippen LogP contribution in [0.4, 0.5) is 0 Å². The van der Waals surface area contributed by atoms with E-state index in [4.69, 9.17) is 16.7 Å². The second-order valence-corrected chi connectivity index (χ2v) is 5.52. The zero-order chi connectivity index (χ0) is 11.5. The molecule has 0 amide bonds. The lowest BCUT2D eigenvalue weighted by molar-refractivity contribution is 0.0696. The molecule has 0 spiro atoms. The molecule has 0 bridgehead atoms. The van der Waals surface area contributed by atoms with Crippen LogP contribution in [0.3, 0.4) is 0 Å². The average Bonchev–Trinajstić information content (AvgIpc) is 2.73. The van der Waals surface area contributed by atoms with Crippen molar-refractivity contribution in [3.05, 3.63) is 40.4 Å². The third kappa shape index (κ3) is 2.55. The highest BCUT2D eigenvalue weighted by molar-refractivity contribution is 8.01. The first-order valence-corrected chi connectivity index (χ1v) is 6.34. The second kappa shape index (κ2) is 4.86. The number of rotatable bonds is 3. The first-order chi connectivity index (χ1) is 7.66. The van der Waals surface area contributed by atoms with Crippen LogP contribution in [-0.4, -0.2) is 16.1 Å². The van der Waals surface area contributed by atoms with Crippen LogP contribution in [0.25, 0.3) is 0 Å². The Balaban J connectivity index is 2.29. The van der Waals surface area contributed by atoms with Crippen LogP contribution in [0.15, 0.2) is 39.0 Å².